The van der Waals surface area contributed by atoms with Crippen molar-refractivity contribution < 1.29 is 53.6 Å². The van der Waals surface area contributed by atoms with Gasteiger partial charge in [0.15, 0.2) is 11.5 Å². The van der Waals surface area contributed by atoms with Gasteiger partial charge in [-0.2, -0.15) is 40.6 Å². The molecule has 0 aliphatic rings. The summed E-state index contributed by atoms with van der Waals surface area (Å²) in [5, 5.41) is 36.3. The molecule has 308 valence electrons. The Hall–Kier alpha value is -7.09. The summed E-state index contributed by atoms with van der Waals surface area (Å²) in [6.45, 7) is 1.17. The summed E-state index contributed by atoms with van der Waals surface area (Å²) >= 11 is 0. The van der Waals surface area contributed by atoms with E-state index in [1.807, 2.05) is 0 Å². The molecule has 6 rings (SSSR count). The molecular weight excluding hydrogens is 847 g/mol. The van der Waals surface area contributed by atoms with Crippen LogP contribution in [0.4, 0.5) is 45.5 Å². The largest absolute Gasteiger partial charge is 0.505 e. The van der Waals surface area contributed by atoms with Crippen LogP contribution in [-0.2, 0) is 39.9 Å². The topological polar surface area (TPSA) is 356 Å². The number of hydrogen-bond acceptors (Lipinski definition) is 17. The van der Waals surface area contributed by atoms with E-state index < -0.39 is 102 Å². The van der Waals surface area contributed by atoms with Gasteiger partial charge in [0.05, 0.1) is 28.1 Å². The van der Waals surface area contributed by atoms with Crippen molar-refractivity contribution in [3.63, 3.8) is 0 Å². The number of para-hydroxylation sites is 1. The number of carbonyl (C=O) groups excluding carboxylic acids is 2. The first-order valence-electron chi connectivity index (χ1n) is 16.7. The summed E-state index contributed by atoms with van der Waals surface area (Å²) in [4.78, 5) is 22.0. The molecular formula is C36H29N9O12S3. The van der Waals surface area contributed by atoms with Crippen LogP contribution in [-0.4, -0.2) is 61.8 Å². The number of rotatable bonds is 12. The van der Waals surface area contributed by atoms with Gasteiger partial charge in [0.1, 0.15) is 31.7 Å². The minimum Gasteiger partial charge on any atom is -0.505 e. The minimum absolute atomic E-state index is 0.0117. The molecule has 0 saturated heterocycles. The van der Waals surface area contributed by atoms with E-state index in [-0.39, 0.29) is 27.8 Å². The van der Waals surface area contributed by atoms with Crippen molar-refractivity contribution in [1.82, 2.24) is 0 Å². The van der Waals surface area contributed by atoms with Crippen molar-refractivity contribution in [1.29, 1.82) is 0 Å². The molecule has 0 radical (unpaired) electrons. The number of phenolic OH excluding ortho intramolecular Hbond substituents is 1. The Bertz CT molecular complexity index is 3180. The van der Waals surface area contributed by atoms with Crippen LogP contribution in [0.2, 0.25) is 0 Å². The monoisotopic (exact) mass is 875 g/mol. The number of hydrogen-bond donors (Lipinski definition) is 7. The quantitative estimate of drug-likeness (QED) is 0.0279. The molecule has 0 spiro atoms. The zero-order valence-corrected chi connectivity index (χ0v) is 32.9. The maximum Gasteiger partial charge on any atom is 0.296 e. The van der Waals surface area contributed by atoms with Gasteiger partial charge in [0, 0.05) is 16.5 Å². The third kappa shape index (κ3) is 8.97. The average molecular weight is 876 g/mol. The second-order valence-electron chi connectivity index (χ2n) is 12.6. The van der Waals surface area contributed by atoms with E-state index in [1.165, 1.54) is 55.5 Å². The van der Waals surface area contributed by atoms with Crippen molar-refractivity contribution in [2.75, 3.05) is 16.8 Å². The van der Waals surface area contributed by atoms with Gasteiger partial charge in [-0.1, -0.05) is 42.5 Å². The highest BCUT2D eigenvalue weighted by molar-refractivity contribution is 7.86. The van der Waals surface area contributed by atoms with Crippen molar-refractivity contribution in [3.05, 3.63) is 97.1 Å². The molecule has 60 heavy (non-hydrogen) atoms. The number of Topliss-reactive ketones (excluding diaryl/α,β-unsaturated/α-hetero) is 1. The van der Waals surface area contributed by atoms with E-state index in [0.29, 0.717) is 17.8 Å². The highest BCUT2D eigenvalue weighted by Gasteiger charge is 2.29. The number of nitrogens with one attached hydrogen (secondary N) is 1. The highest BCUT2D eigenvalue weighted by Crippen LogP contribution is 2.49. The van der Waals surface area contributed by atoms with E-state index in [2.05, 4.69) is 36.0 Å². The number of carbonyl (C=O) groups is 2. The predicted molar refractivity (Wildman–Crippen MR) is 217 cm³/mol. The lowest BCUT2D eigenvalue weighted by atomic mass is 10.1. The number of nitrogens with zero attached hydrogens (tertiary/aromatic N) is 6. The number of benzene rings is 6. The summed E-state index contributed by atoms with van der Waals surface area (Å²) in [5.41, 5.74) is 10.1. The Labute approximate surface area is 339 Å². The maximum atomic E-state index is 12.7. The van der Waals surface area contributed by atoms with Gasteiger partial charge < -0.3 is 21.9 Å². The summed E-state index contributed by atoms with van der Waals surface area (Å²) < 4.78 is 105. The number of phenols is 1. The van der Waals surface area contributed by atoms with Crippen molar-refractivity contribution in [3.8, 4) is 5.75 Å². The summed E-state index contributed by atoms with van der Waals surface area (Å²) in [6.07, 6.45) is 0. The van der Waals surface area contributed by atoms with Gasteiger partial charge in [0.25, 0.3) is 36.3 Å². The second kappa shape index (κ2) is 16.3. The Balaban J connectivity index is 1.40. The Kier molecular flexibility index (Phi) is 11.5. The normalized spacial score (nSPS) is 13.1. The lowest BCUT2D eigenvalue weighted by Gasteiger charge is -2.14. The van der Waals surface area contributed by atoms with Crippen LogP contribution in [0.15, 0.2) is 142 Å². The number of amides is 1. The van der Waals surface area contributed by atoms with Crippen molar-refractivity contribution >= 4 is 109 Å². The van der Waals surface area contributed by atoms with E-state index in [4.69, 9.17) is 11.5 Å². The molecule has 0 aliphatic carbocycles. The van der Waals surface area contributed by atoms with Crippen LogP contribution >= 0.6 is 0 Å². The lowest BCUT2D eigenvalue weighted by molar-refractivity contribution is -0.126. The van der Waals surface area contributed by atoms with E-state index in [9.17, 15) is 53.6 Å². The minimum atomic E-state index is -5.31. The number of nitrogen functional groups attached to an aromatic ring is 2. The van der Waals surface area contributed by atoms with Gasteiger partial charge in [-0.25, -0.2) is 0 Å². The molecule has 6 aromatic carbocycles. The first-order valence-corrected chi connectivity index (χ1v) is 21.0. The van der Waals surface area contributed by atoms with Gasteiger partial charge in [-0.3, -0.25) is 23.2 Å². The van der Waals surface area contributed by atoms with Crippen molar-refractivity contribution in [2.45, 2.75) is 27.7 Å². The highest BCUT2D eigenvalue weighted by atomic mass is 32.2. The molecule has 0 heterocycles. The molecule has 6 aromatic rings. The van der Waals surface area contributed by atoms with Gasteiger partial charge >= 0.3 is 0 Å². The van der Waals surface area contributed by atoms with Gasteiger partial charge in [-0.05, 0) is 66.9 Å². The number of azo groups is 3. The molecule has 9 N–H and O–H groups in total. The van der Waals surface area contributed by atoms with Crippen molar-refractivity contribution in [2.24, 2.45) is 30.7 Å². The number of aromatic hydroxyl groups is 1. The van der Waals surface area contributed by atoms with Crippen LogP contribution in [0.25, 0.3) is 21.5 Å². The summed E-state index contributed by atoms with van der Waals surface area (Å²) in [6, 6.07) is 20.2. The molecule has 1 amide bonds. The Morgan fingerprint density at radius 1 is 0.617 bits per heavy atom. The summed E-state index contributed by atoms with van der Waals surface area (Å²) in [7, 11) is -15.4. The van der Waals surface area contributed by atoms with Gasteiger partial charge in [0.2, 0.25) is 6.04 Å². The SMILES string of the molecule is CC(=O)C(N=Nc1ccc(N=Nc2c(S(=O)(=O)O)cc3cc(S(=O)(=O)O)c(N=Nc4cc(S(=O)(=O)O)c5ccccc5c4N)c(O)c3c2N)cc1)C(=O)Nc1ccccc1. The van der Waals surface area contributed by atoms with Gasteiger partial charge in [-0.15, -0.1) is 15.3 Å². The maximum absolute atomic E-state index is 12.7. The fourth-order valence-corrected chi connectivity index (χ4v) is 7.77. The first kappa shape index (κ1) is 42.5. The molecule has 1 atom stereocenters. The zero-order chi connectivity index (χ0) is 43.7. The Morgan fingerprint density at radius 3 is 1.70 bits per heavy atom. The van der Waals surface area contributed by atoms with Crippen LogP contribution in [0.3, 0.4) is 0 Å². The molecule has 0 aromatic heterocycles. The van der Waals surface area contributed by atoms with E-state index in [1.54, 1.807) is 30.3 Å². The predicted octanol–water partition coefficient (Wildman–Crippen LogP) is 7.11. The van der Waals surface area contributed by atoms with Crippen LogP contribution in [0.1, 0.15) is 6.92 Å². The van der Waals surface area contributed by atoms with Crippen LogP contribution < -0.4 is 16.8 Å². The smallest absolute Gasteiger partial charge is 0.296 e. The number of fused-ring (bicyclic) bond motifs is 2. The third-order valence-electron chi connectivity index (χ3n) is 8.51. The molecule has 21 nitrogen and oxygen atoms in total. The summed E-state index contributed by atoms with van der Waals surface area (Å²) in [5.74, 6) is -2.41. The fraction of sp³-hybridized carbons (Fsp3) is 0.0556. The van der Waals surface area contributed by atoms with E-state index >= 15 is 0 Å². The molecule has 0 bridgehead atoms. The number of anilines is 3. The van der Waals surface area contributed by atoms with E-state index in [0.717, 1.165) is 6.07 Å². The van der Waals surface area contributed by atoms with Crippen LogP contribution in [0, 0.1) is 0 Å². The zero-order valence-electron chi connectivity index (χ0n) is 30.4. The average Bonchev–Trinajstić information content (AvgIpc) is 3.17. The standard InChI is InChI=1S/C36H29N9O12S3/c1-18(46)32(36(48)39-20-7-3-2-4-8-20)43-40-21-11-13-22(14-12-21)41-44-33-27(59(52,53)54)15-19-16-28(60(55,56)57)34(35(47)29(19)31(33)38)45-42-25-17-26(58(49,50)51)23-9-5-6-10-24(23)30(25)37/h2-17,32,47H,37-38H2,1H3,(H,39,48)(H,49,50,51)(H,52,53,54)(H,55,56,57). The molecule has 1 unspecified atom stereocenters. The molecule has 0 saturated carbocycles. The first-order chi connectivity index (χ1) is 28.1. The lowest BCUT2D eigenvalue weighted by Crippen LogP contribution is -2.31. The second-order valence-corrected chi connectivity index (χ2v) is 16.8. The number of nitrogens with two attached hydrogens (primary N) is 2. The number of ketones is 1. The van der Waals surface area contributed by atoms with Crippen LogP contribution in [0.5, 0.6) is 5.75 Å². The fourth-order valence-electron chi connectivity index (χ4n) is 5.72. The molecule has 24 heteroatoms. The Morgan fingerprint density at radius 2 is 1.13 bits per heavy atom. The molecule has 0 aliphatic heterocycles. The molecule has 0 fully saturated rings. The third-order valence-corrected chi connectivity index (χ3v) is 11.1.